The average Bonchev–Trinajstić information content (AvgIpc) is 4.09. The summed E-state index contributed by atoms with van der Waals surface area (Å²) < 4.78 is 4.76. The van der Waals surface area contributed by atoms with Crippen molar-refractivity contribution in [2.75, 3.05) is 20.2 Å². The number of H-pyrrole nitrogens is 2. The van der Waals surface area contributed by atoms with Gasteiger partial charge in [-0.25, -0.2) is 14.8 Å². The number of rotatable bonds is 12. The van der Waals surface area contributed by atoms with Gasteiger partial charge in [-0.2, -0.15) is 0 Å². The van der Waals surface area contributed by atoms with Crippen LogP contribution in [-0.2, 0) is 20.7 Å². The Morgan fingerprint density at radius 1 is 0.821 bits per heavy atom. The molecule has 0 spiro atoms. The molecule has 4 N–H and O–H groups in total. The second-order valence-electron chi connectivity index (χ2n) is 15.8. The van der Waals surface area contributed by atoms with Crippen molar-refractivity contribution in [3.63, 3.8) is 0 Å². The van der Waals surface area contributed by atoms with Crippen LogP contribution in [0.4, 0.5) is 4.79 Å². The summed E-state index contributed by atoms with van der Waals surface area (Å²) in [5.41, 5.74) is 7.25. The molecule has 1 saturated heterocycles. The molecule has 5 aromatic rings. The predicted molar refractivity (Wildman–Crippen MR) is 213 cm³/mol. The topological polar surface area (TPSA) is 158 Å². The third-order valence-electron chi connectivity index (χ3n) is 12.2. The van der Waals surface area contributed by atoms with Gasteiger partial charge in [-0.3, -0.25) is 14.6 Å². The van der Waals surface area contributed by atoms with Crippen molar-refractivity contribution in [2.24, 2.45) is 23.7 Å². The van der Waals surface area contributed by atoms with E-state index in [1.807, 2.05) is 43.3 Å². The molecule has 2 bridgehead atoms. The monoisotopic (exact) mass is 754 g/mol. The Morgan fingerprint density at radius 2 is 1.43 bits per heavy atom. The van der Waals surface area contributed by atoms with Gasteiger partial charge in [0.05, 0.1) is 42.9 Å². The van der Waals surface area contributed by atoms with Gasteiger partial charge in [0, 0.05) is 31.4 Å². The van der Waals surface area contributed by atoms with E-state index in [2.05, 4.69) is 79.1 Å². The quantitative estimate of drug-likeness (QED) is 0.106. The summed E-state index contributed by atoms with van der Waals surface area (Å²) in [6.07, 6.45) is 12.5. The second kappa shape index (κ2) is 16.1. The number of nitrogens with one attached hydrogen (secondary N) is 4. The van der Waals surface area contributed by atoms with Crippen LogP contribution in [0.15, 0.2) is 85.5 Å². The number of aromatic amines is 2. The smallest absolute Gasteiger partial charge is 0.407 e. The molecule has 3 amide bonds. The van der Waals surface area contributed by atoms with Crippen molar-refractivity contribution in [3.8, 4) is 33.6 Å². The summed E-state index contributed by atoms with van der Waals surface area (Å²) in [7, 11) is 1.30. The maximum absolute atomic E-state index is 13.5. The number of carbonyl (C=O) groups excluding carboxylic acids is 3. The second-order valence-corrected chi connectivity index (χ2v) is 15.8. The van der Waals surface area contributed by atoms with Crippen molar-refractivity contribution in [2.45, 2.75) is 70.4 Å². The molecule has 0 radical (unpaired) electrons. The van der Waals surface area contributed by atoms with Gasteiger partial charge >= 0.3 is 6.09 Å². The third-order valence-corrected chi connectivity index (χ3v) is 12.2. The standard InChI is InChI=1S/C44H50N8O4/c1-26(2)39(51-44(55)56-3)43(54)52-22-4-5-36(52)40-47-24-34(49-40)30-10-6-28(7-11-30)29-8-12-31(13-9-29)35-25-48-41(50-35)37-32-14-15-33(23-32)38(37)42(53)46-21-18-27-16-19-45-20-17-27/h6-13,16-17,19-20,24-26,32-33,36-39H,4-5,14-15,18,21-23H2,1-3H3,(H,46,53)(H,47,49)(H,48,50)(H,51,55)/t32?,33?,36-,37-,38-,39-/m0/s1. The molecule has 4 heterocycles. The SMILES string of the molecule is COC(=O)N[C@H](C(=O)N1CCC[C@H]1c1ncc(-c2ccc(-c3ccc(-c4cnc([C@H]5C6CCC(C6)[C@@H]5C(=O)NCCc5ccncc5)[nH]4)cc3)cc2)[nH]1)C(C)C. The van der Waals surface area contributed by atoms with Crippen LogP contribution in [0.5, 0.6) is 0 Å². The molecule has 2 saturated carbocycles. The van der Waals surface area contributed by atoms with Gasteiger partial charge in [0.1, 0.15) is 17.7 Å². The van der Waals surface area contributed by atoms with E-state index in [0.717, 1.165) is 83.8 Å². The number of nitrogens with zero attached hydrogens (tertiary/aromatic N) is 4. The Kier molecular flexibility index (Phi) is 10.7. The summed E-state index contributed by atoms with van der Waals surface area (Å²) >= 11 is 0. The van der Waals surface area contributed by atoms with E-state index in [0.29, 0.717) is 24.9 Å². The summed E-state index contributed by atoms with van der Waals surface area (Å²) in [5, 5.41) is 5.93. The van der Waals surface area contributed by atoms with Crippen LogP contribution < -0.4 is 10.6 Å². The van der Waals surface area contributed by atoms with Crippen molar-refractivity contribution in [1.82, 2.24) is 40.5 Å². The average molecular weight is 755 g/mol. The molecule has 3 aromatic heterocycles. The number of hydrogen-bond donors (Lipinski definition) is 4. The molecule has 290 valence electrons. The van der Waals surface area contributed by atoms with Crippen LogP contribution in [0.1, 0.15) is 75.1 Å². The zero-order valence-corrected chi connectivity index (χ0v) is 32.2. The lowest BCUT2D eigenvalue weighted by Crippen LogP contribution is -2.51. The van der Waals surface area contributed by atoms with E-state index >= 15 is 0 Å². The van der Waals surface area contributed by atoms with Gasteiger partial charge in [-0.1, -0.05) is 62.4 Å². The highest BCUT2D eigenvalue weighted by atomic mass is 16.5. The van der Waals surface area contributed by atoms with Crippen molar-refractivity contribution >= 4 is 17.9 Å². The largest absolute Gasteiger partial charge is 0.453 e. The minimum atomic E-state index is -0.676. The molecule has 8 rings (SSSR count). The first kappa shape index (κ1) is 37.2. The van der Waals surface area contributed by atoms with E-state index in [4.69, 9.17) is 9.72 Å². The number of alkyl carbamates (subject to hydrolysis) is 1. The number of aromatic nitrogens is 5. The molecule has 6 atom stereocenters. The molecule has 12 nitrogen and oxygen atoms in total. The maximum atomic E-state index is 13.5. The Bertz CT molecular complexity index is 2150. The van der Waals surface area contributed by atoms with Gasteiger partial charge in [-0.05, 0) is 96.2 Å². The number of ether oxygens (including phenoxy) is 1. The van der Waals surface area contributed by atoms with Gasteiger partial charge in [0.15, 0.2) is 0 Å². The van der Waals surface area contributed by atoms with E-state index in [1.165, 1.54) is 12.7 Å². The molecular formula is C44H50N8O4. The summed E-state index contributed by atoms with van der Waals surface area (Å²) in [6.45, 7) is 5.05. The minimum Gasteiger partial charge on any atom is -0.453 e. The Hall–Kier alpha value is -5.78. The molecule has 12 heteroatoms. The number of imidazole rings is 2. The van der Waals surface area contributed by atoms with E-state index in [1.54, 1.807) is 12.4 Å². The number of fused-ring (bicyclic) bond motifs is 2. The van der Waals surface area contributed by atoms with Gasteiger partial charge in [0.25, 0.3) is 0 Å². The maximum Gasteiger partial charge on any atom is 0.407 e. The fourth-order valence-corrected chi connectivity index (χ4v) is 9.24. The zero-order valence-electron chi connectivity index (χ0n) is 32.2. The minimum absolute atomic E-state index is 0.0511. The lowest BCUT2D eigenvalue weighted by atomic mass is 9.78. The number of pyridine rings is 1. The summed E-state index contributed by atoms with van der Waals surface area (Å²) in [6, 6.07) is 20.0. The number of amides is 3. The first-order valence-corrected chi connectivity index (χ1v) is 19.9. The number of likely N-dealkylation sites (tertiary alicyclic amines) is 1. The molecule has 2 aromatic carbocycles. The zero-order chi connectivity index (χ0) is 38.8. The van der Waals surface area contributed by atoms with Gasteiger partial charge in [0.2, 0.25) is 11.8 Å². The highest BCUT2D eigenvalue weighted by molar-refractivity contribution is 5.86. The first-order valence-electron chi connectivity index (χ1n) is 19.9. The normalized spacial score (nSPS) is 22.0. The van der Waals surface area contributed by atoms with Crippen molar-refractivity contribution < 1.29 is 19.1 Å². The number of hydrogen-bond acceptors (Lipinski definition) is 7. The van der Waals surface area contributed by atoms with Gasteiger partial charge < -0.3 is 30.2 Å². The van der Waals surface area contributed by atoms with Crippen LogP contribution >= 0.6 is 0 Å². The van der Waals surface area contributed by atoms with Crippen LogP contribution in [0.2, 0.25) is 0 Å². The van der Waals surface area contributed by atoms with E-state index in [9.17, 15) is 14.4 Å². The predicted octanol–water partition coefficient (Wildman–Crippen LogP) is 7.06. The van der Waals surface area contributed by atoms with Crippen LogP contribution in [0.25, 0.3) is 33.6 Å². The molecule has 2 aliphatic carbocycles. The Morgan fingerprint density at radius 3 is 2.07 bits per heavy atom. The molecule has 2 unspecified atom stereocenters. The summed E-state index contributed by atoms with van der Waals surface area (Å²) in [5.74, 6) is 2.54. The molecule has 56 heavy (non-hydrogen) atoms. The van der Waals surface area contributed by atoms with E-state index < -0.39 is 12.1 Å². The van der Waals surface area contributed by atoms with Crippen molar-refractivity contribution in [3.05, 3.63) is 103 Å². The summed E-state index contributed by atoms with van der Waals surface area (Å²) in [4.78, 5) is 61.5. The number of carbonyl (C=O) groups is 3. The number of methoxy groups -OCH3 is 1. The third kappa shape index (κ3) is 7.56. The highest BCUT2D eigenvalue weighted by Gasteiger charge is 2.52. The molecule has 3 fully saturated rings. The molecule has 3 aliphatic rings. The van der Waals surface area contributed by atoms with Crippen LogP contribution in [0, 0.1) is 23.7 Å². The molecular weight excluding hydrogens is 705 g/mol. The Labute approximate surface area is 327 Å². The van der Waals surface area contributed by atoms with Crippen molar-refractivity contribution in [1.29, 1.82) is 0 Å². The molecule has 1 aliphatic heterocycles. The van der Waals surface area contributed by atoms with Gasteiger partial charge in [-0.15, -0.1) is 0 Å². The first-order chi connectivity index (χ1) is 27.3. The Balaban J connectivity index is 0.906. The lowest BCUT2D eigenvalue weighted by Gasteiger charge is -2.30. The fourth-order valence-electron chi connectivity index (χ4n) is 9.24. The van der Waals surface area contributed by atoms with Crippen LogP contribution in [0.3, 0.4) is 0 Å². The number of benzene rings is 2. The lowest BCUT2D eigenvalue weighted by molar-refractivity contribution is -0.135. The van der Waals surface area contributed by atoms with E-state index in [-0.39, 0.29) is 35.6 Å². The fraction of sp³-hybridized carbons (Fsp3) is 0.409. The highest BCUT2D eigenvalue weighted by Crippen LogP contribution is 2.56. The van der Waals surface area contributed by atoms with Crippen LogP contribution in [-0.4, -0.2) is 74.0 Å².